The minimum Gasteiger partial charge on any atom is -0.384 e. The van der Waals surface area contributed by atoms with Crippen molar-refractivity contribution >= 4 is 5.69 Å². The molecule has 2 heterocycles. The van der Waals surface area contributed by atoms with E-state index in [4.69, 9.17) is 0 Å². The van der Waals surface area contributed by atoms with Gasteiger partial charge >= 0.3 is 0 Å². The third-order valence-corrected chi connectivity index (χ3v) is 5.04. The van der Waals surface area contributed by atoms with Crippen LogP contribution in [0.2, 0.25) is 0 Å². The fraction of sp³-hybridized carbons (Fsp3) is 0.667. The molecule has 2 saturated heterocycles. The van der Waals surface area contributed by atoms with Gasteiger partial charge in [0.2, 0.25) is 0 Å². The zero-order chi connectivity index (χ0) is 14.5. The van der Waals surface area contributed by atoms with Gasteiger partial charge in [0.05, 0.1) is 0 Å². The standard InChI is InChI=1S/C18H29N3/c1-16-7-3-4-8-18(16)19-10-14-20-13-9-17(15-20)21-11-5-2-6-12-21/h3-4,7-8,17,19H,2,5-6,9-15H2,1H3. The number of rotatable bonds is 5. The molecule has 0 bridgehead atoms. The lowest BCUT2D eigenvalue weighted by Crippen LogP contribution is -2.41. The normalized spacial score (nSPS) is 24.3. The number of hydrogen-bond donors (Lipinski definition) is 1. The number of nitrogens with one attached hydrogen (secondary N) is 1. The number of hydrogen-bond acceptors (Lipinski definition) is 3. The second-order valence-corrected chi connectivity index (χ2v) is 6.58. The highest BCUT2D eigenvalue weighted by Crippen LogP contribution is 2.20. The van der Waals surface area contributed by atoms with Crippen molar-refractivity contribution < 1.29 is 0 Å². The van der Waals surface area contributed by atoms with Gasteiger partial charge in [-0.25, -0.2) is 0 Å². The number of anilines is 1. The Morgan fingerprint density at radius 2 is 1.90 bits per heavy atom. The van der Waals surface area contributed by atoms with Crippen molar-refractivity contribution in [2.24, 2.45) is 0 Å². The average molecular weight is 287 g/mol. The van der Waals surface area contributed by atoms with Crippen LogP contribution < -0.4 is 5.32 Å². The fourth-order valence-electron chi connectivity index (χ4n) is 3.72. The maximum atomic E-state index is 3.58. The summed E-state index contributed by atoms with van der Waals surface area (Å²) in [5, 5.41) is 3.58. The first-order chi connectivity index (χ1) is 10.3. The highest BCUT2D eigenvalue weighted by atomic mass is 15.3. The van der Waals surface area contributed by atoms with Crippen molar-refractivity contribution in [3.63, 3.8) is 0 Å². The highest BCUT2D eigenvalue weighted by Gasteiger charge is 2.27. The molecule has 0 spiro atoms. The van der Waals surface area contributed by atoms with E-state index in [-0.39, 0.29) is 0 Å². The Bertz CT molecular complexity index is 440. The van der Waals surface area contributed by atoms with Crippen LogP contribution in [-0.4, -0.2) is 55.1 Å². The summed E-state index contributed by atoms with van der Waals surface area (Å²) < 4.78 is 0. The Kier molecular flexibility index (Phi) is 5.15. The molecule has 2 aliphatic rings. The summed E-state index contributed by atoms with van der Waals surface area (Å²) in [5.41, 5.74) is 2.62. The van der Waals surface area contributed by atoms with Crippen LogP contribution >= 0.6 is 0 Å². The molecule has 1 aromatic carbocycles. The highest BCUT2D eigenvalue weighted by molar-refractivity contribution is 5.50. The second-order valence-electron chi connectivity index (χ2n) is 6.58. The summed E-state index contributed by atoms with van der Waals surface area (Å²) in [6, 6.07) is 9.38. The van der Waals surface area contributed by atoms with Crippen LogP contribution in [0.5, 0.6) is 0 Å². The molecule has 21 heavy (non-hydrogen) atoms. The van der Waals surface area contributed by atoms with E-state index in [9.17, 15) is 0 Å². The third-order valence-electron chi connectivity index (χ3n) is 5.04. The molecule has 1 aromatic rings. The molecule has 0 aromatic heterocycles. The molecule has 116 valence electrons. The van der Waals surface area contributed by atoms with E-state index in [2.05, 4.69) is 46.3 Å². The van der Waals surface area contributed by atoms with Crippen LogP contribution in [0.15, 0.2) is 24.3 Å². The van der Waals surface area contributed by atoms with E-state index in [0.717, 1.165) is 12.6 Å². The van der Waals surface area contributed by atoms with Gasteiger partial charge in [-0.05, 0) is 57.5 Å². The number of aryl methyl sites for hydroxylation is 1. The van der Waals surface area contributed by atoms with Crippen LogP contribution in [0.3, 0.4) is 0 Å². The van der Waals surface area contributed by atoms with E-state index in [1.54, 1.807) is 0 Å². The molecule has 0 saturated carbocycles. The van der Waals surface area contributed by atoms with E-state index < -0.39 is 0 Å². The lowest BCUT2D eigenvalue weighted by atomic mass is 10.1. The van der Waals surface area contributed by atoms with Crippen LogP contribution in [0.1, 0.15) is 31.2 Å². The zero-order valence-corrected chi connectivity index (χ0v) is 13.4. The molecular weight excluding hydrogens is 258 g/mol. The summed E-state index contributed by atoms with van der Waals surface area (Å²) in [6.45, 7) is 9.60. The average Bonchev–Trinajstić information content (AvgIpc) is 2.99. The Morgan fingerprint density at radius 1 is 1.10 bits per heavy atom. The summed E-state index contributed by atoms with van der Waals surface area (Å²) in [7, 11) is 0. The van der Waals surface area contributed by atoms with Crippen molar-refractivity contribution in [3.8, 4) is 0 Å². The van der Waals surface area contributed by atoms with Crippen LogP contribution in [0.25, 0.3) is 0 Å². The van der Waals surface area contributed by atoms with E-state index in [1.807, 2.05) is 0 Å². The van der Waals surface area contributed by atoms with Gasteiger partial charge in [-0.3, -0.25) is 9.80 Å². The van der Waals surface area contributed by atoms with Gasteiger partial charge in [-0.15, -0.1) is 0 Å². The largest absolute Gasteiger partial charge is 0.384 e. The van der Waals surface area contributed by atoms with Crippen molar-refractivity contribution in [2.45, 2.75) is 38.6 Å². The maximum Gasteiger partial charge on any atom is 0.0370 e. The van der Waals surface area contributed by atoms with E-state index in [1.165, 1.54) is 69.7 Å². The molecule has 3 nitrogen and oxygen atoms in total. The topological polar surface area (TPSA) is 18.5 Å². The Hall–Kier alpha value is -1.06. The number of benzene rings is 1. The number of piperidine rings is 1. The minimum absolute atomic E-state index is 0.823. The number of para-hydroxylation sites is 1. The molecule has 3 rings (SSSR count). The minimum atomic E-state index is 0.823. The van der Waals surface area contributed by atoms with Gasteiger partial charge in [-0.2, -0.15) is 0 Å². The Labute approximate surface area is 129 Å². The maximum absolute atomic E-state index is 3.58. The zero-order valence-electron chi connectivity index (χ0n) is 13.4. The quantitative estimate of drug-likeness (QED) is 0.898. The Morgan fingerprint density at radius 3 is 2.71 bits per heavy atom. The lowest BCUT2D eigenvalue weighted by Gasteiger charge is -2.32. The van der Waals surface area contributed by atoms with Gasteiger partial charge in [0.1, 0.15) is 0 Å². The molecule has 2 aliphatic heterocycles. The van der Waals surface area contributed by atoms with Crippen LogP contribution in [-0.2, 0) is 0 Å². The number of nitrogens with zero attached hydrogens (tertiary/aromatic N) is 2. The summed E-state index contributed by atoms with van der Waals surface area (Å²) in [4.78, 5) is 5.36. The third kappa shape index (κ3) is 3.98. The molecule has 2 fully saturated rings. The summed E-state index contributed by atoms with van der Waals surface area (Å²) in [5.74, 6) is 0. The van der Waals surface area contributed by atoms with E-state index >= 15 is 0 Å². The first-order valence-corrected chi connectivity index (χ1v) is 8.59. The Balaban J connectivity index is 1.40. The van der Waals surface area contributed by atoms with Crippen molar-refractivity contribution in [2.75, 3.05) is 44.6 Å². The van der Waals surface area contributed by atoms with E-state index in [0.29, 0.717) is 0 Å². The van der Waals surface area contributed by atoms with Gasteiger partial charge in [-0.1, -0.05) is 24.6 Å². The predicted molar refractivity (Wildman–Crippen MR) is 89.9 cm³/mol. The van der Waals surface area contributed by atoms with Crippen molar-refractivity contribution in [1.82, 2.24) is 9.80 Å². The monoisotopic (exact) mass is 287 g/mol. The summed E-state index contributed by atoms with van der Waals surface area (Å²) in [6.07, 6.45) is 5.62. The molecule has 1 atom stereocenters. The van der Waals surface area contributed by atoms with Crippen molar-refractivity contribution in [3.05, 3.63) is 29.8 Å². The summed E-state index contributed by atoms with van der Waals surface area (Å²) >= 11 is 0. The van der Waals surface area contributed by atoms with Gasteiger partial charge < -0.3 is 5.32 Å². The van der Waals surface area contributed by atoms with Gasteiger partial charge in [0, 0.05) is 31.4 Å². The first kappa shape index (κ1) is 14.9. The van der Waals surface area contributed by atoms with Gasteiger partial charge in [0.15, 0.2) is 0 Å². The molecule has 3 heteroatoms. The molecule has 1 N–H and O–H groups in total. The van der Waals surface area contributed by atoms with Crippen LogP contribution in [0, 0.1) is 6.92 Å². The van der Waals surface area contributed by atoms with Crippen LogP contribution in [0.4, 0.5) is 5.69 Å². The lowest BCUT2D eigenvalue weighted by molar-refractivity contribution is 0.163. The number of likely N-dealkylation sites (tertiary alicyclic amines) is 2. The molecule has 0 aliphatic carbocycles. The molecule has 1 unspecified atom stereocenters. The molecule has 0 amide bonds. The van der Waals surface area contributed by atoms with Crippen molar-refractivity contribution in [1.29, 1.82) is 0 Å². The second kappa shape index (κ2) is 7.28. The molecular formula is C18H29N3. The fourth-order valence-corrected chi connectivity index (χ4v) is 3.72. The predicted octanol–water partition coefficient (Wildman–Crippen LogP) is 2.97. The first-order valence-electron chi connectivity index (χ1n) is 8.59. The molecule has 0 radical (unpaired) electrons. The SMILES string of the molecule is Cc1ccccc1NCCN1CCC(N2CCCCC2)C1. The smallest absolute Gasteiger partial charge is 0.0370 e. The van der Waals surface area contributed by atoms with Gasteiger partial charge in [0.25, 0.3) is 0 Å².